The van der Waals surface area contributed by atoms with Crippen LogP contribution in [0.15, 0.2) is 96.6 Å². The molecule has 8 heteroatoms. The molecule has 0 radical (unpaired) electrons. The Hall–Kier alpha value is -5.24. The van der Waals surface area contributed by atoms with Gasteiger partial charge < -0.3 is 24.2 Å². The zero-order valence-electron chi connectivity index (χ0n) is 23.5. The summed E-state index contributed by atoms with van der Waals surface area (Å²) in [5.41, 5.74) is 4.34. The Balaban J connectivity index is 1.41. The molecule has 8 nitrogen and oxygen atoms in total. The minimum Gasteiger partial charge on any atom is -0.507 e. The van der Waals surface area contributed by atoms with Gasteiger partial charge in [-0.05, 0) is 66.1 Å². The van der Waals surface area contributed by atoms with Gasteiger partial charge in [0, 0.05) is 37.1 Å². The predicted molar refractivity (Wildman–Crippen MR) is 160 cm³/mol. The van der Waals surface area contributed by atoms with Gasteiger partial charge in [-0.3, -0.25) is 14.5 Å². The molecule has 0 aromatic heterocycles. The maximum Gasteiger partial charge on any atom is 0.300 e. The molecule has 1 atom stereocenters. The van der Waals surface area contributed by atoms with Crippen LogP contribution in [0.4, 0.5) is 11.4 Å². The second kappa shape index (κ2) is 11.0. The number of benzene rings is 4. The maximum atomic E-state index is 13.6. The Morgan fingerprint density at radius 3 is 2.38 bits per heavy atom. The molecule has 2 aliphatic rings. The minimum absolute atomic E-state index is 0.00706. The summed E-state index contributed by atoms with van der Waals surface area (Å²) < 4.78 is 17.0. The average Bonchev–Trinajstić information content (AvgIpc) is 3.58. The van der Waals surface area contributed by atoms with E-state index in [0.717, 1.165) is 16.8 Å². The Morgan fingerprint density at radius 1 is 0.929 bits per heavy atom. The monoisotopic (exact) mass is 562 g/mol. The number of rotatable bonds is 7. The number of carbonyl (C=O) groups is 2. The van der Waals surface area contributed by atoms with Gasteiger partial charge in [0.2, 0.25) is 6.79 Å². The second-order valence-corrected chi connectivity index (χ2v) is 10.4. The van der Waals surface area contributed by atoms with E-state index in [4.69, 9.17) is 14.2 Å². The molecule has 0 aliphatic carbocycles. The standard InChI is InChI=1S/C34H30N2O6/c1-21-17-24(11-15-27(21)40-19-22-7-5-4-6-8-22)32(37)30-31(23-9-12-25(13-10-23)35(2)3)36(34(39)33(30)38)26-14-16-28-29(18-26)42-20-41-28/h4-18,31,37H,19-20H2,1-3H3/b32-30+. The van der Waals surface area contributed by atoms with Gasteiger partial charge in [0.15, 0.2) is 11.5 Å². The zero-order valence-corrected chi connectivity index (χ0v) is 23.5. The fourth-order valence-electron chi connectivity index (χ4n) is 5.25. The number of nitrogens with zero attached hydrogens (tertiary/aromatic N) is 2. The van der Waals surface area contributed by atoms with Crippen LogP contribution >= 0.6 is 0 Å². The molecule has 2 aliphatic heterocycles. The summed E-state index contributed by atoms with van der Waals surface area (Å²) in [5.74, 6) is -0.0568. The van der Waals surface area contributed by atoms with Gasteiger partial charge in [-0.15, -0.1) is 0 Å². The quantitative estimate of drug-likeness (QED) is 0.168. The van der Waals surface area contributed by atoms with Crippen molar-refractivity contribution in [2.24, 2.45) is 0 Å². The molecule has 4 aromatic rings. The number of Topliss-reactive ketones (excluding diaryl/α,β-unsaturated/α-hetero) is 1. The molecule has 1 saturated heterocycles. The summed E-state index contributed by atoms with van der Waals surface area (Å²) >= 11 is 0. The van der Waals surface area contributed by atoms with Crippen molar-refractivity contribution in [3.8, 4) is 17.2 Å². The Morgan fingerprint density at radius 2 is 1.67 bits per heavy atom. The van der Waals surface area contributed by atoms with Crippen LogP contribution in [0.3, 0.4) is 0 Å². The van der Waals surface area contributed by atoms with E-state index >= 15 is 0 Å². The Bertz CT molecular complexity index is 1700. The van der Waals surface area contributed by atoms with E-state index in [-0.39, 0.29) is 18.1 Å². The average molecular weight is 563 g/mol. The molecule has 0 spiro atoms. The zero-order chi connectivity index (χ0) is 29.4. The van der Waals surface area contributed by atoms with E-state index in [0.29, 0.717) is 40.7 Å². The van der Waals surface area contributed by atoms with Crippen LogP contribution < -0.4 is 24.0 Å². The SMILES string of the molecule is Cc1cc(/C(O)=C2\C(=O)C(=O)N(c3ccc4c(c3)OCO4)C2c2ccc(N(C)C)cc2)ccc1OCc1ccccc1. The van der Waals surface area contributed by atoms with Crippen molar-refractivity contribution in [3.05, 3.63) is 119 Å². The fourth-order valence-corrected chi connectivity index (χ4v) is 5.25. The van der Waals surface area contributed by atoms with Crippen LogP contribution in [0.1, 0.15) is 28.3 Å². The smallest absolute Gasteiger partial charge is 0.300 e. The normalized spacial score (nSPS) is 17.0. The number of hydrogen-bond donors (Lipinski definition) is 1. The van der Waals surface area contributed by atoms with Crippen molar-refractivity contribution >= 4 is 28.8 Å². The number of hydrogen-bond acceptors (Lipinski definition) is 7. The Kier molecular flexibility index (Phi) is 7.04. The highest BCUT2D eigenvalue weighted by molar-refractivity contribution is 6.51. The van der Waals surface area contributed by atoms with Crippen molar-refractivity contribution in [2.45, 2.75) is 19.6 Å². The first kappa shape index (κ1) is 27.0. The van der Waals surface area contributed by atoms with Gasteiger partial charge in [-0.2, -0.15) is 0 Å². The molecule has 1 N–H and O–H groups in total. The number of ketones is 1. The lowest BCUT2D eigenvalue weighted by Gasteiger charge is -2.26. The highest BCUT2D eigenvalue weighted by Crippen LogP contribution is 2.45. The highest BCUT2D eigenvalue weighted by Gasteiger charge is 2.47. The van der Waals surface area contributed by atoms with Crippen LogP contribution in [0.2, 0.25) is 0 Å². The maximum absolute atomic E-state index is 13.6. The van der Waals surface area contributed by atoms with Crippen molar-refractivity contribution in [1.29, 1.82) is 0 Å². The summed E-state index contributed by atoms with van der Waals surface area (Å²) in [6.45, 7) is 2.35. The molecule has 4 aromatic carbocycles. The van der Waals surface area contributed by atoms with Crippen LogP contribution in [-0.4, -0.2) is 37.7 Å². The second-order valence-electron chi connectivity index (χ2n) is 10.4. The van der Waals surface area contributed by atoms with Crippen molar-refractivity contribution in [1.82, 2.24) is 0 Å². The number of carbonyl (C=O) groups excluding carboxylic acids is 2. The van der Waals surface area contributed by atoms with Crippen LogP contribution in [0.25, 0.3) is 5.76 Å². The topological polar surface area (TPSA) is 88.5 Å². The molecular formula is C34H30N2O6. The molecule has 0 bridgehead atoms. The van der Waals surface area contributed by atoms with Gasteiger partial charge in [0.05, 0.1) is 11.6 Å². The molecule has 6 rings (SSSR count). The Labute approximate surface area is 244 Å². The van der Waals surface area contributed by atoms with E-state index < -0.39 is 17.7 Å². The largest absolute Gasteiger partial charge is 0.507 e. The summed E-state index contributed by atoms with van der Waals surface area (Å²) in [5, 5.41) is 11.6. The van der Waals surface area contributed by atoms with E-state index in [1.165, 1.54) is 4.90 Å². The van der Waals surface area contributed by atoms with Crippen molar-refractivity contribution in [3.63, 3.8) is 0 Å². The van der Waals surface area contributed by atoms with E-state index in [9.17, 15) is 14.7 Å². The summed E-state index contributed by atoms with van der Waals surface area (Å²) in [6.07, 6.45) is 0. The van der Waals surface area contributed by atoms with Crippen LogP contribution in [0.5, 0.6) is 17.2 Å². The first-order valence-corrected chi connectivity index (χ1v) is 13.6. The van der Waals surface area contributed by atoms with Gasteiger partial charge in [0.1, 0.15) is 18.1 Å². The van der Waals surface area contributed by atoms with Crippen molar-refractivity contribution in [2.75, 3.05) is 30.7 Å². The number of aliphatic hydroxyl groups is 1. The first-order valence-electron chi connectivity index (χ1n) is 13.6. The van der Waals surface area contributed by atoms with Crippen LogP contribution in [0, 0.1) is 6.92 Å². The number of ether oxygens (including phenoxy) is 3. The predicted octanol–water partition coefficient (Wildman–Crippen LogP) is 6.00. The van der Waals surface area contributed by atoms with Gasteiger partial charge in [-0.25, -0.2) is 0 Å². The molecular weight excluding hydrogens is 532 g/mol. The molecule has 1 unspecified atom stereocenters. The fraction of sp³-hybridized carbons (Fsp3) is 0.176. The third-order valence-electron chi connectivity index (χ3n) is 7.49. The highest BCUT2D eigenvalue weighted by atomic mass is 16.7. The molecule has 0 saturated carbocycles. The van der Waals surface area contributed by atoms with Gasteiger partial charge in [-0.1, -0.05) is 42.5 Å². The molecule has 42 heavy (non-hydrogen) atoms. The van der Waals surface area contributed by atoms with E-state index in [1.54, 1.807) is 36.4 Å². The molecule has 1 amide bonds. The lowest BCUT2D eigenvalue weighted by atomic mass is 9.94. The lowest BCUT2D eigenvalue weighted by molar-refractivity contribution is -0.132. The van der Waals surface area contributed by atoms with Gasteiger partial charge >= 0.3 is 0 Å². The number of aliphatic hydroxyl groups excluding tert-OH is 1. The molecule has 212 valence electrons. The third-order valence-corrected chi connectivity index (χ3v) is 7.49. The van der Waals surface area contributed by atoms with Crippen molar-refractivity contribution < 1.29 is 28.9 Å². The minimum atomic E-state index is -0.865. The molecule has 2 heterocycles. The number of amides is 1. The summed E-state index contributed by atoms with van der Waals surface area (Å²) in [4.78, 5) is 30.6. The lowest BCUT2D eigenvalue weighted by Crippen LogP contribution is -2.29. The van der Waals surface area contributed by atoms with E-state index in [2.05, 4.69) is 0 Å². The number of fused-ring (bicyclic) bond motifs is 1. The summed E-state index contributed by atoms with van der Waals surface area (Å²) in [6, 6.07) is 26.8. The van der Waals surface area contributed by atoms with Crippen LogP contribution in [-0.2, 0) is 16.2 Å². The van der Waals surface area contributed by atoms with E-state index in [1.807, 2.05) is 80.5 Å². The number of anilines is 2. The number of aryl methyl sites for hydroxylation is 1. The van der Waals surface area contributed by atoms with Gasteiger partial charge in [0.25, 0.3) is 11.7 Å². The third kappa shape index (κ3) is 4.92. The summed E-state index contributed by atoms with van der Waals surface area (Å²) in [7, 11) is 3.87. The molecule has 1 fully saturated rings. The first-order chi connectivity index (χ1) is 20.3.